The maximum atomic E-state index is 14.4. The van der Waals surface area contributed by atoms with Crippen LogP contribution in [-0.2, 0) is 6.54 Å². The van der Waals surface area contributed by atoms with Gasteiger partial charge in [-0.3, -0.25) is 10.00 Å². The van der Waals surface area contributed by atoms with E-state index >= 15 is 0 Å². The number of piperidine rings is 1. The molecule has 0 amide bonds. The molecule has 33 heavy (non-hydrogen) atoms. The normalized spacial score (nSPS) is 16.8. The molecule has 1 saturated heterocycles. The lowest BCUT2D eigenvalue weighted by molar-refractivity contribution is 0.198. The van der Waals surface area contributed by atoms with Crippen LogP contribution in [-0.4, -0.2) is 45.1 Å². The van der Waals surface area contributed by atoms with Crippen molar-refractivity contribution in [3.63, 3.8) is 0 Å². The number of rotatable bonds is 6. The third-order valence-corrected chi connectivity index (χ3v) is 6.19. The first-order chi connectivity index (χ1) is 16.1. The van der Waals surface area contributed by atoms with Crippen LogP contribution in [0.1, 0.15) is 30.0 Å². The van der Waals surface area contributed by atoms with Crippen molar-refractivity contribution in [1.29, 1.82) is 0 Å². The van der Waals surface area contributed by atoms with Gasteiger partial charge in [-0.25, -0.2) is 13.5 Å². The highest BCUT2D eigenvalue weighted by Crippen LogP contribution is 2.35. The molecule has 0 radical (unpaired) electrons. The van der Waals surface area contributed by atoms with E-state index in [4.69, 9.17) is 4.74 Å². The molecule has 8 heteroatoms. The second-order valence-corrected chi connectivity index (χ2v) is 8.33. The Morgan fingerprint density at radius 3 is 2.73 bits per heavy atom. The summed E-state index contributed by atoms with van der Waals surface area (Å²) in [6.45, 7) is 2.46. The first-order valence-corrected chi connectivity index (χ1v) is 11.0. The summed E-state index contributed by atoms with van der Waals surface area (Å²) >= 11 is 0. The molecule has 0 spiro atoms. The number of H-pyrrole nitrogens is 1. The first kappa shape index (κ1) is 21.3. The van der Waals surface area contributed by atoms with E-state index in [0.717, 1.165) is 55.2 Å². The molecule has 1 atom stereocenters. The van der Waals surface area contributed by atoms with Gasteiger partial charge in [0.1, 0.15) is 23.1 Å². The molecule has 1 aliphatic rings. The van der Waals surface area contributed by atoms with Crippen molar-refractivity contribution in [2.45, 2.75) is 25.3 Å². The van der Waals surface area contributed by atoms with Gasteiger partial charge in [-0.05, 0) is 43.7 Å². The van der Waals surface area contributed by atoms with Gasteiger partial charge in [0.25, 0.3) is 0 Å². The number of hydrogen-bond donors (Lipinski definition) is 1. The van der Waals surface area contributed by atoms with Crippen LogP contribution in [0.15, 0.2) is 61.1 Å². The highest BCUT2D eigenvalue weighted by atomic mass is 19.1. The summed E-state index contributed by atoms with van der Waals surface area (Å²) in [7, 11) is 1.65. The highest BCUT2D eigenvalue weighted by molar-refractivity contribution is 5.67. The van der Waals surface area contributed by atoms with E-state index in [0.29, 0.717) is 5.56 Å². The van der Waals surface area contributed by atoms with Crippen LogP contribution in [0.4, 0.5) is 8.78 Å². The molecule has 1 fully saturated rings. The van der Waals surface area contributed by atoms with Gasteiger partial charge < -0.3 is 4.74 Å². The van der Waals surface area contributed by atoms with E-state index in [1.165, 1.54) is 24.4 Å². The molecule has 1 aliphatic heterocycles. The summed E-state index contributed by atoms with van der Waals surface area (Å²) in [5, 5.41) is 11.6. The van der Waals surface area contributed by atoms with Gasteiger partial charge in [-0.2, -0.15) is 10.2 Å². The summed E-state index contributed by atoms with van der Waals surface area (Å²) < 4.78 is 36.1. The van der Waals surface area contributed by atoms with Crippen molar-refractivity contribution in [1.82, 2.24) is 24.9 Å². The Morgan fingerprint density at radius 1 is 1.09 bits per heavy atom. The standard InChI is InChI=1S/C25H25F2N5O/c1-33-23-10-3-2-9-22(23)32-15-17(12-29-32)14-31-11-5-6-18(16-31)25-19(13-28-30-25)24-20(26)7-4-8-21(24)27/h2-4,7-10,12-13,15,18H,5-6,11,14,16H2,1H3,(H,28,30)/t18-/m0/s1. The van der Waals surface area contributed by atoms with Gasteiger partial charge in [0.2, 0.25) is 0 Å². The summed E-state index contributed by atoms with van der Waals surface area (Å²) in [6.07, 6.45) is 7.32. The molecule has 5 rings (SSSR count). The van der Waals surface area contributed by atoms with Gasteiger partial charge in [0.05, 0.1) is 25.1 Å². The van der Waals surface area contributed by atoms with Crippen molar-refractivity contribution < 1.29 is 13.5 Å². The molecule has 0 bridgehead atoms. The van der Waals surface area contributed by atoms with Crippen molar-refractivity contribution in [2.24, 2.45) is 0 Å². The molecule has 0 unspecified atom stereocenters. The Morgan fingerprint density at radius 2 is 1.91 bits per heavy atom. The van der Waals surface area contributed by atoms with Crippen LogP contribution >= 0.6 is 0 Å². The first-order valence-electron chi connectivity index (χ1n) is 11.0. The maximum Gasteiger partial charge on any atom is 0.144 e. The number of benzene rings is 2. The predicted octanol–water partition coefficient (Wildman–Crippen LogP) is 4.93. The van der Waals surface area contributed by atoms with Gasteiger partial charge in [-0.15, -0.1) is 0 Å². The number of ether oxygens (including phenoxy) is 1. The minimum Gasteiger partial charge on any atom is -0.494 e. The lowest BCUT2D eigenvalue weighted by atomic mass is 9.90. The molecule has 2 aromatic carbocycles. The summed E-state index contributed by atoms with van der Waals surface area (Å²) in [5.74, 6) is -0.278. The Labute approximate surface area is 190 Å². The zero-order chi connectivity index (χ0) is 22.8. The topological polar surface area (TPSA) is 59.0 Å². The molecular weight excluding hydrogens is 424 g/mol. The van der Waals surface area contributed by atoms with Gasteiger partial charge in [-0.1, -0.05) is 18.2 Å². The Kier molecular flexibility index (Phi) is 5.92. The smallest absolute Gasteiger partial charge is 0.144 e. The molecule has 170 valence electrons. The quantitative estimate of drug-likeness (QED) is 0.454. The third-order valence-electron chi connectivity index (χ3n) is 6.19. The van der Waals surface area contributed by atoms with Crippen LogP contribution in [0.3, 0.4) is 0 Å². The SMILES string of the molecule is COc1ccccc1-n1cc(CN2CCC[C@H](c3[nH]ncc3-c3c(F)cccc3F)C2)cn1. The number of para-hydroxylation sites is 2. The van der Waals surface area contributed by atoms with Crippen molar-refractivity contribution in [2.75, 3.05) is 20.2 Å². The Hall–Kier alpha value is -3.52. The molecule has 0 saturated carbocycles. The van der Waals surface area contributed by atoms with E-state index in [1.807, 2.05) is 41.3 Å². The molecule has 4 aromatic rings. The second-order valence-electron chi connectivity index (χ2n) is 8.33. The van der Waals surface area contributed by atoms with Crippen molar-refractivity contribution in [3.8, 4) is 22.6 Å². The second kappa shape index (κ2) is 9.15. The summed E-state index contributed by atoms with van der Waals surface area (Å²) in [5.41, 5.74) is 3.25. The Balaban J connectivity index is 1.33. The fraction of sp³-hybridized carbons (Fsp3) is 0.280. The monoisotopic (exact) mass is 449 g/mol. The lowest BCUT2D eigenvalue weighted by Crippen LogP contribution is -2.34. The third kappa shape index (κ3) is 4.26. The maximum absolute atomic E-state index is 14.4. The van der Waals surface area contributed by atoms with Crippen molar-refractivity contribution in [3.05, 3.63) is 83.9 Å². The zero-order valence-electron chi connectivity index (χ0n) is 18.3. The summed E-state index contributed by atoms with van der Waals surface area (Å²) in [4.78, 5) is 2.35. The number of nitrogens with one attached hydrogen (secondary N) is 1. The largest absolute Gasteiger partial charge is 0.494 e. The molecule has 6 nitrogen and oxygen atoms in total. The summed E-state index contributed by atoms with van der Waals surface area (Å²) in [6, 6.07) is 11.7. The average molecular weight is 450 g/mol. The average Bonchev–Trinajstić information content (AvgIpc) is 3.49. The fourth-order valence-corrected chi connectivity index (χ4v) is 4.65. The highest BCUT2D eigenvalue weighted by Gasteiger charge is 2.27. The molecule has 1 N–H and O–H groups in total. The van der Waals surface area contributed by atoms with E-state index in [-0.39, 0.29) is 11.5 Å². The van der Waals surface area contributed by atoms with E-state index < -0.39 is 11.6 Å². The number of aromatic nitrogens is 4. The van der Waals surface area contributed by atoms with Crippen LogP contribution < -0.4 is 4.74 Å². The van der Waals surface area contributed by atoms with Gasteiger partial charge in [0.15, 0.2) is 0 Å². The Bertz CT molecular complexity index is 1230. The van der Waals surface area contributed by atoms with Crippen LogP contribution in [0.5, 0.6) is 5.75 Å². The number of nitrogens with zero attached hydrogens (tertiary/aromatic N) is 4. The number of aromatic amines is 1. The number of methoxy groups -OCH3 is 1. The molecule has 2 aromatic heterocycles. The van der Waals surface area contributed by atoms with Crippen molar-refractivity contribution >= 4 is 0 Å². The lowest BCUT2D eigenvalue weighted by Gasteiger charge is -2.32. The number of halogens is 2. The molecular formula is C25H25F2N5O. The van der Waals surface area contributed by atoms with E-state index in [1.54, 1.807) is 7.11 Å². The van der Waals surface area contributed by atoms with E-state index in [2.05, 4.69) is 20.2 Å². The van der Waals surface area contributed by atoms with Crippen LogP contribution in [0.25, 0.3) is 16.8 Å². The van der Waals surface area contributed by atoms with Gasteiger partial charge in [0, 0.05) is 42.0 Å². The predicted molar refractivity (Wildman–Crippen MR) is 121 cm³/mol. The van der Waals surface area contributed by atoms with E-state index in [9.17, 15) is 8.78 Å². The number of likely N-dealkylation sites (tertiary alicyclic amines) is 1. The minimum atomic E-state index is -0.575. The molecule has 3 heterocycles. The van der Waals surface area contributed by atoms with Crippen LogP contribution in [0, 0.1) is 11.6 Å². The fourth-order valence-electron chi connectivity index (χ4n) is 4.65. The van der Waals surface area contributed by atoms with Crippen LogP contribution in [0.2, 0.25) is 0 Å². The van der Waals surface area contributed by atoms with Gasteiger partial charge >= 0.3 is 0 Å². The number of hydrogen-bond acceptors (Lipinski definition) is 4. The minimum absolute atomic E-state index is 0.0172. The molecule has 0 aliphatic carbocycles. The zero-order valence-corrected chi connectivity index (χ0v) is 18.3.